The molecular formula is C11H10N2O3. The highest BCUT2D eigenvalue weighted by Crippen LogP contribution is 2.14. The van der Waals surface area contributed by atoms with E-state index in [0.29, 0.717) is 11.3 Å². The molecule has 2 N–H and O–H groups in total. The Bertz CT molecular complexity index is 505. The molecular weight excluding hydrogens is 208 g/mol. The molecule has 0 atom stereocenters. The molecule has 5 heteroatoms. The van der Waals surface area contributed by atoms with Gasteiger partial charge in [0.25, 0.3) is 0 Å². The zero-order valence-electron chi connectivity index (χ0n) is 8.37. The maximum Gasteiger partial charge on any atom is 0.355 e. The van der Waals surface area contributed by atoms with Gasteiger partial charge >= 0.3 is 5.97 Å². The van der Waals surface area contributed by atoms with Crippen LogP contribution >= 0.6 is 0 Å². The van der Waals surface area contributed by atoms with E-state index in [-0.39, 0.29) is 12.3 Å². The fraction of sp³-hybridized carbons (Fsp3) is 0.0909. The maximum absolute atomic E-state index is 11.1. The van der Waals surface area contributed by atoms with Gasteiger partial charge in [-0.05, 0) is 12.1 Å². The molecule has 1 aromatic carbocycles. The van der Waals surface area contributed by atoms with Crippen LogP contribution in [0.15, 0.2) is 36.5 Å². The molecule has 1 heterocycles. The average molecular weight is 218 g/mol. The van der Waals surface area contributed by atoms with E-state index < -0.39 is 5.97 Å². The van der Waals surface area contributed by atoms with Crippen molar-refractivity contribution in [3.8, 4) is 5.69 Å². The largest absolute Gasteiger partial charge is 0.476 e. The number of rotatable bonds is 3. The molecule has 0 fully saturated rings. The van der Waals surface area contributed by atoms with Gasteiger partial charge in [0.05, 0.1) is 18.5 Å². The van der Waals surface area contributed by atoms with Crippen LogP contribution in [0.1, 0.15) is 16.1 Å². The van der Waals surface area contributed by atoms with Crippen molar-refractivity contribution in [3.05, 3.63) is 47.8 Å². The molecule has 0 saturated carbocycles. The predicted octanol–water partition coefficient (Wildman–Crippen LogP) is 1.06. The van der Waals surface area contributed by atoms with E-state index >= 15 is 0 Å². The second kappa shape index (κ2) is 4.16. The third-order valence-electron chi connectivity index (χ3n) is 2.22. The highest BCUT2D eigenvalue weighted by Gasteiger charge is 2.17. The summed E-state index contributed by atoms with van der Waals surface area (Å²) in [6.07, 6.45) is 1.36. The SMILES string of the molecule is O=C(O)c1c(CO)cnn1-c1ccccc1. The van der Waals surface area contributed by atoms with Crippen molar-refractivity contribution < 1.29 is 15.0 Å². The van der Waals surface area contributed by atoms with Gasteiger partial charge in [-0.3, -0.25) is 0 Å². The van der Waals surface area contributed by atoms with Crippen LogP contribution < -0.4 is 0 Å². The number of aromatic nitrogens is 2. The van der Waals surface area contributed by atoms with Gasteiger partial charge in [0.2, 0.25) is 0 Å². The van der Waals surface area contributed by atoms with E-state index in [1.165, 1.54) is 10.9 Å². The molecule has 0 saturated heterocycles. The van der Waals surface area contributed by atoms with Crippen LogP contribution in [0.3, 0.4) is 0 Å². The molecule has 0 aliphatic rings. The molecule has 82 valence electrons. The summed E-state index contributed by atoms with van der Waals surface area (Å²) in [5.74, 6) is -1.11. The molecule has 1 aromatic heterocycles. The summed E-state index contributed by atoms with van der Waals surface area (Å²) in [6.45, 7) is -0.339. The molecule has 0 bridgehead atoms. The topological polar surface area (TPSA) is 75.3 Å². The molecule has 0 spiro atoms. The Labute approximate surface area is 91.6 Å². The first-order valence-corrected chi connectivity index (χ1v) is 4.70. The number of nitrogens with zero attached hydrogens (tertiary/aromatic N) is 2. The second-order valence-corrected chi connectivity index (χ2v) is 3.23. The van der Waals surface area contributed by atoms with E-state index in [0.717, 1.165) is 0 Å². The number of aromatic carboxylic acids is 1. The Morgan fingerprint density at radius 3 is 2.56 bits per heavy atom. The Morgan fingerprint density at radius 2 is 2.00 bits per heavy atom. The number of aliphatic hydroxyl groups excluding tert-OH is 1. The summed E-state index contributed by atoms with van der Waals surface area (Å²) in [5, 5.41) is 22.0. The van der Waals surface area contributed by atoms with E-state index in [1.807, 2.05) is 6.07 Å². The zero-order chi connectivity index (χ0) is 11.5. The van der Waals surface area contributed by atoms with E-state index in [2.05, 4.69) is 5.10 Å². The van der Waals surface area contributed by atoms with Crippen LogP contribution in [0.2, 0.25) is 0 Å². The van der Waals surface area contributed by atoms with Gasteiger partial charge in [-0.1, -0.05) is 18.2 Å². The van der Waals surface area contributed by atoms with Crippen molar-refractivity contribution in [2.24, 2.45) is 0 Å². The molecule has 2 aromatic rings. The van der Waals surface area contributed by atoms with Crippen LogP contribution in [-0.4, -0.2) is 26.0 Å². The lowest BCUT2D eigenvalue weighted by molar-refractivity contribution is 0.0683. The molecule has 5 nitrogen and oxygen atoms in total. The molecule has 0 aliphatic carbocycles. The first-order chi connectivity index (χ1) is 7.74. The number of hydrogen-bond donors (Lipinski definition) is 2. The van der Waals surface area contributed by atoms with Crippen molar-refractivity contribution in [2.75, 3.05) is 0 Å². The normalized spacial score (nSPS) is 10.3. The molecule has 0 unspecified atom stereocenters. The monoisotopic (exact) mass is 218 g/mol. The van der Waals surface area contributed by atoms with Crippen LogP contribution in [0.25, 0.3) is 5.69 Å². The predicted molar refractivity (Wildman–Crippen MR) is 56.4 cm³/mol. The Hall–Kier alpha value is -2.14. The second-order valence-electron chi connectivity index (χ2n) is 3.23. The minimum absolute atomic E-state index is 0.00583. The minimum Gasteiger partial charge on any atom is -0.476 e. The van der Waals surface area contributed by atoms with Gasteiger partial charge in [0, 0.05) is 5.56 Å². The molecule has 2 rings (SSSR count). The zero-order valence-corrected chi connectivity index (χ0v) is 8.37. The standard InChI is InChI=1S/C11H10N2O3/c14-7-8-6-12-13(10(8)11(15)16)9-4-2-1-3-5-9/h1-6,14H,7H2,(H,15,16). The van der Waals surface area contributed by atoms with E-state index in [4.69, 9.17) is 10.2 Å². The number of carbonyl (C=O) groups is 1. The molecule has 0 radical (unpaired) electrons. The average Bonchev–Trinajstić information content (AvgIpc) is 2.73. The molecule has 0 aliphatic heterocycles. The summed E-state index contributed by atoms with van der Waals surface area (Å²) in [5.41, 5.74) is 0.949. The lowest BCUT2D eigenvalue weighted by Crippen LogP contribution is -2.10. The van der Waals surface area contributed by atoms with Crippen molar-refractivity contribution in [3.63, 3.8) is 0 Å². The van der Waals surface area contributed by atoms with Gasteiger partial charge < -0.3 is 10.2 Å². The summed E-state index contributed by atoms with van der Waals surface area (Å²) >= 11 is 0. The number of aliphatic hydroxyl groups is 1. The summed E-state index contributed by atoms with van der Waals surface area (Å²) < 4.78 is 1.30. The van der Waals surface area contributed by atoms with Crippen molar-refractivity contribution in [1.29, 1.82) is 0 Å². The minimum atomic E-state index is -1.11. The van der Waals surface area contributed by atoms with Crippen molar-refractivity contribution in [1.82, 2.24) is 9.78 Å². The number of carboxylic acid groups (broad SMARTS) is 1. The number of para-hydroxylation sites is 1. The van der Waals surface area contributed by atoms with E-state index in [9.17, 15) is 4.79 Å². The Morgan fingerprint density at radius 1 is 1.31 bits per heavy atom. The highest BCUT2D eigenvalue weighted by atomic mass is 16.4. The first kappa shape index (κ1) is 10.4. The Kier molecular flexibility index (Phi) is 2.70. The lowest BCUT2D eigenvalue weighted by atomic mass is 10.2. The van der Waals surface area contributed by atoms with Gasteiger partial charge in [0.1, 0.15) is 0 Å². The van der Waals surface area contributed by atoms with Crippen molar-refractivity contribution in [2.45, 2.75) is 6.61 Å². The maximum atomic E-state index is 11.1. The van der Waals surface area contributed by atoms with Crippen LogP contribution in [0.5, 0.6) is 0 Å². The van der Waals surface area contributed by atoms with Gasteiger partial charge in [-0.2, -0.15) is 5.10 Å². The smallest absolute Gasteiger partial charge is 0.355 e. The quantitative estimate of drug-likeness (QED) is 0.807. The van der Waals surface area contributed by atoms with Crippen LogP contribution in [0.4, 0.5) is 0 Å². The first-order valence-electron chi connectivity index (χ1n) is 4.70. The fourth-order valence-electron chi connectivity index (χ4n) is 1.49. The third-order valence-corrected chi connectivity index (χ3v) is 2.22. The lowest BCUT2D eigenvalue weighted by Gasteiger charge is -2.04. The third kappa shape index (κ3) is 1.68. The van der Waals surface area contributed by atoms with Crippen LogP contribution in [0, 0.1) is 0 Å². The van der Waals surface area contributed by atoms with Gasteiger partial charge in [-0.15, -0.1) is 0 Å². The van der Waals surface area contributed by atoms with E-state index in [1.54, 1.807) is 24.3 Å². The van der Waals surface area contributed by atoms with Gasteiger partial charge in [0.15, 0.2) is 5.69 Å². The highest BCUT2D eigenvalue weighted by molar-refractivity contribution is 5.88. The summed E-state index contributed by atoms with van der Waals surface area (Å²) in [7, 11) is 0. The fourth-order valence-corrected chi connectivity index (χ4v) is 1.49. The Balaban J connectivity index is 2.58. The molecule has 0 amide bonds. The molecule has 16 heavy (non-hydrogen) atoms. The number of benzene rings is 1. The number of hydrogen-bond acceptors (Lipinski definition) is 3. The summed E-state index contributed by atoms with van der Waals surface area (Å²) in [6, 6.07) is 8.92. The van der Waals surface area contributed by atoms with Gasteiger partial charge in [-0.25, -0.2) is 9.48 Å². The summed E-state index contributed by atoms with van der Waals surface area (Å²) in [4.78, 5) is 11.1. The van der Waals surface area contributed by atoms with Crippen LogP contribution in [-0.2, 0) is 6.61 Å². The number of carboxylic acids is 1. The van der Waals surface area contributed by atoms with Crippen molar-refractivity contribution >= 4 is 5.97 Å².